The Kier molecular flexibility index (Phi) is 5.25. The van der Waals surface area contributed by atoms with Crippen LogP contribution in [0, 0.1) is 6.92 Å². The highest BCUT2D eigenvalue weighted by atomic mass is 35.5. The number of nitrogens with zero attached hydrogens (tertiary/aromatic N) is 2. The second kappa shape index (κ2) is 6.94. The highest BCUT2D eigenvalue weighted by Gasteiger charge is 2.22. The van der Waals surface area contributed by atoms with E-state index in [1.807, 2.05) is 19.9 Å². The number of aromatic nitrogens is 2. The fourth-order valence-corrected chi connectivity index (χ4v) is 2.79. The van der Waals surface area contributed by atoms with Crippen molar-refractivity contribution in [3.8, 4) is 5.88 Å². The third kappa shape index (κ3) is 4.23. The highest BCUT2D eigenvalue weighted by Crippen LogP contribution is 2.25. The zero-order valence-electron chi connectivity index (χ0n) is 11.7. The van der Waals surface area contributed by atoms with E-state index >= 15 is 0 Å². The Balaban J connectivity index is 2.08. The summed E-state index contributed by atoms with van der Waals surface area (Å²) in [6.07, 6.45) is 5.89. The molecule has 0 aromatic carbocycles. The van der Waals surface area contributed by atoms with Gasteiger partial charge in [-0.2, -0.15) is 4.98 Å². The van der Waals surface area contributed by atoms with E-state index in [0.717, 1.165) is 18.7 Å². The molecule has 4 nitrogen and oxygen atoms in total. The maximum absolute atomic E-state index is 6.44. The molecule has 5 heteroatoms. The lowest BCUT2D eigenvalue weighted by atomic mass is 10.1. The summed E-state index contributed by atoms with van der Waals surface area (Å²) in [5.41, 5.74) is 0. The van der Waals surface area contributed by atoms with Crippen molar-refractivity contribution in [1.29, 1.82) is 0 Å². The summed E-state index contributed by atoms with van der Waals surface area (Å²) < 4.78 is 5.44. The van der Waals surface area contributed by atoms with Crippen LogP contribution in [0.25, 0.3) is 0 Å². The first-order valence-electron chi connectivity index (χ1n) is 7.08. The first-order chi connectivity index (χ1) is 9.19. The minimum atomic E-state index is 0.174. The van der Waals surface area contributed by atoms with Gasteiger partial charge in [-0.05, 0) is 26.7 Å². The molecule has 1 aromatic rings. The van der Waals surface area contributed by atoms with Crippen LogP contribution < -0.4 is 10.1 Å². The van der Waals surface area contributed by atoms with E-state index in [-0.39, 0.29) is 11.4 Å². The summed E-state index contributed by atoms with van der Waals surface area (Å²) in [5, 5.41) is 3.62. The monoisotopic (exact) mass is 283 g/mol. The molecule has 1 aliphatic carbocycles. The zero-order chi connectivity index (χ0) is 13.7. The van der Waals surface area contributed by atoms with Crippen LogP contribution in [0.3, 0.4) is 0 Å². The van der Waals surface area contributed by atoms with Crippen LogP contribution in [0.4, 0.5) is 5.82 Å². The lowest BCUT2D eigenvalue weighted by Gasteiger charge is -2.22. The van der Waals surface area contributed by atoms with Gasteiger partial charge in [-0.3, -0.25) is 0 Å². The van der Waals surface area contributed by atoms with Crippen molar-refractivity contribution in [2.24, 2.45) is 0 Å². The van der Waals surface area contributed by atoms with Crippen LogP contribution in [0.2, 0.25) is 0 Å². The lowest BCUT2D eigenvalue weighted by Crippen LogP contribution is -2.29. The third-order valence-electron chi connectivity index (χ3n) is 3.37. The number of aryl methyl sites for hydroxylation is 1. The molecule has 1 aromatic heterocycles. The van der Waals surface area contributed by atoms with Crippen LogP contribution in [0.15, 0.2) is 6.07 Å². The Morgan fingerprint density at radius 1 is 1.32 bits per heavy atom. The summed E-state index contributed by atoms with van der Waals surface area (Å²) in [6, 6.07) is 2.14. The molecule has 106 valence electrons. The van der Waals surface area contributed by atoms with Gasteiger partial charge in [-0.25, -0.2) is 4.98 Å². The van der Waals surface area contributed by atoms with Crippen LogP contribution in [-0.4, -0.2) is 28.0 Å². The van der Waals surface area contributed by atoms with Crippen LogP contribution in [0.1, 0.15) is 44.9 Å². The smallest absolute Gasteiger partial charge is 0.218 e. The Morgan fingerprint density at radius 3 is 2.89 bits per heavy atom. The first kappa shape index (κ1) is 14.4. The van der Waals surface area contributed by atoms with E-state index in [4.69, 9.17) is 16.3 Å². The first-order valence-corrected chi connectivity index (χ1v) is 7.51. The molecule has 1 aliphatic rings. The molecular formula is C14H22ClN3O. The van der Waals surface area contributed by atoms with Crippen LogP contribution >= 0.6 is 11.6 Å². The van der Waals surface area contributed by atoms with Crippen molar-refractivity contribution in [3.05, 3.63) is 11.9 Å². The number of hydrogen-bond donors (Lipinski definition) is 1. The number of halogens is 1. The molecule has 2 unspecified atom stereocenters. The van der Waals surface area contributed by atoms with Gasteiger partial charge in [0.1, 0.15) is 11.6 Å². The topological polar surface area (TPSA) is 47.0 Å². The predicted octanol–water partition coefficient (Wildman–Crippen LogP) is 3.54. The third-order valence-corrected chi connectivity index (χ3v) is 3.89. The van der Waals surface area contributed by atoms with Gasteiger partial charge >= 0.3 is 0 Å². The van der Waals surface area contributed by atoms with E-state index in [1.165, 1.54) is 19.3 Å². The van der Waals surface area contributed by atoms with Gasteiger partial charge in [0.25, 0.3) is 0 Å². The van der Waals surface area contributed by atoms with Gasteiger partial charge in [0.15, 0.2) is 0 Å². The van der Waals surface area contributed by atoms with Gasteiger partial charge in [0, 0.05) is 12.1 Å². The van der Waals surface area contributed by atoms with E-state index in [0.29, 0.717) is 18.3 Å². The summed E-state index contributed by atoms with van der Waals surface area (Å²) in [7, 11) is 0. The Labute approximate surface area is 119 Å². The largest absolute Gasteiger partial charge is 0.478 e. The van der Waals surface area contributed by atoms with Crippen LogP contribution in [0.5, 0.6) is 5.88 Å². The highest BCUT2D eigenvalue weighted by molar-refractivity contribution is 6.21. The Hall–Kier alpha value is -1.03. The van der Waals surface area contributed by atoms with E-state index < -0.39 is 0 Å². The molecule has 0 aliphatic heterocycles. The van der Waals surface area contributed by atoms with Crippen molar-refractivity contribution in [3.63, 3.8) is 0 Å². The van der Waals surface area contributed by atoms with E-state index in [2.05, 4.69) is 15.3 Å². The van der Waals surface area contributed by atoms with E-state index in [9.17, 15) is 0 Å². The molecule has 19 heavy (non-hydrogen) atoms. The summed E-state index contributed by atoms with van der Waals surface area (Å²) in [4.78, 5) is 8.66. The second-order valence-corrected chi connectivity index (χ2v) is 5.54. The Morgan fingerprint density at radius 2 is 2.11 bits per heavy atom. The number of hydrogen-bond acceptors (Lipinski definition) is 4. The van der Waals surface area contributed by atoms with Crippen molar-refractivity contribution in [1.82, 2.24) is 9.97 Å². The van der Waals surface area contributed by atoms with Gasteiger partial charge in [-0.15, -0.1) is 11.6 Å². The predicted molar refractivity (Wildman–Crippen MR) is 78.1 cm³/mol. The molecule has 0 amide bonds. The lowest BCUT2D eigenvalue weighted by molar-refractivity contribution is 0.325. The van der Waals surface area contributed by atoms with Gasteiger partial charge in [0.2, 0.25) is 5.88 Å². The van der Waals surface area contributed by atoms with Gasteiger partial charge in [0.05, 0.1) is 12.0 Å². The number of rotatable bonds is 4. The molecule has 0 saturated heterocycles. The summed E-state index contributed by atoms with van der Waals surface area (Å²) in [5.74, 6) is 2.15. The second-order valence-electron chi connectivity index (χ2n) is 4.98. The fraction of sp³-hybridized carbons (Fsp3) is 0.714. The number of anilines is 1. The quantitative estimate of drug-likeness (QED) is 0.678. The summed E-state index contributed by atoms with van der Waals surface area (Å²) >= 11 is 6.44. The molecule has 1 N–H and O–H groups in total. The average molecular weight is 284 g/mol. The van der Waals surface area contributed by atoms with E-state index in [1.54, 1.807) is 0 Å². The summed E-state index contributed by atoms with van der Waals surface area (Å²) in [6.45, 7) is 4.43. The van der Waals surface area contributed by atoms with Gasteiger partial charge < -0.3 is 10.1 Å². The van der Waals surface area contributed by atoms with Crippen molar-refractivity contribution in [2.45, 2.75) is 57.4 Å². The maximum atomic E-state index is 6.44. The SMILES string of the molecule is CCOc1cc(NC2CCCCCC2Cl)nc(C)n1. The molecule has 2 rings (SSSR count). The van der Waals surface area contributed by atoms with Gasteiger partial charge in [-0.1, -0.05) is 19.3 Å². The van der Waals surface area contributed by atoms with Crippen molar-refractivity contribution >= 4 is 17.4 Å². The minimum absolute atomic E-state index is 0.174. The van der Waals surface area contributed by atoms with Crippen molar-refractivity contribution in [2.75, 3.05) is 11.9 Å². The molecule has 0 radical (unpaired) electrons. The molecule has 1 heterocycles. The molecule has 1 fully saturated rings. The molecule has 0 spiro atoms. The standard InChI is InChI=1S/C14H22ClN3O/c1-3-19-14-9-13(16-10(2)17-14)18-12-8-6-4-5-7-11(12)15/h9,11-12H,3-8H2,1-2H3,(H,16,17,18). The number of alkyl halides is 1. The Bertz CT molecular complexity index is 414. The van der Waals surface area contributed by atoms with Crippen LogP contribution in [-0.2, 0) is 0 Å². The molecule has 1 saturated carbocycles. The minimum Gasteiger partial charge on any atom is -0.478 e. The average Bonchev–Trinajstić information content (AvgIpc) is 2.55. The fourth-order valence-electron chi connectivity index (χ4n) is 2.45. The maximum Gasteiger partial charge on any atom is 0.218 e. The normalized spacial score (nSPS) is 23.7. The van der Waals surface area contributed by atoms with Crippen molar-refractivity contribution < 1.29 is 4.74 Å². The number of ether oxygens (including phenoxy) is 1. The zero-order valence-corrected chi connectivity index (χ0v) is 12.4. The number of nitrogens with one attached hydrogen (secondary N) is 1. The molecule has 2 atom stereocenters. The molecular weight excluding hydrogens is 262 g/mol. The molecule has 0 bridgehead atoms.